The van der Waals surface area contributed by atoms with Crippen LogP contribution in [0.3, 0.4) is 0 Å². The lowest BCUT2D eigenvalue weighted by Gasteiger charge is -2.25. The van der Waals surface area contributed by atoms with E-state index in [0.29, 0.717) is 6.42 Å². The van der Waals surface area contributed by atoms with Crippen LogP contribution in [0.15, 0.2) is 0 Å². The first-order valence-corrected chi connectivity index (χ1v) is 3.48. The fraction of sp³-hybridized carbons (Fsp3) is 1.00. The van der Waals surface area contributed by atoms with Crippen molar-refractivity contribution in [1.29, 1.82) is 0 Å². The van der Waals surface area contributed by atoms with E-state index >= 15 is 0 Å². The smallest absolute Gasteiger partial charge is 0.207 e. The Morgan fingerprint density at radius 2 is 2.11 bits per heavy atom. The van der Waals surface area contributed by atoms with Gasteiger partial charge in [-0.3, -0.25) is 0 Å². The van der Waals surface area contributed by atoms with Crippen molar-refractivity contribution in [2.45, 2.75) is 38.5 Å². The van der Waals surface area contributed by atoms with E-state index in [1.807, 2.05) is 6.92 Å². The van der Waals surface area contributed by atoms with Crippen molar-refractivity contribution in [2.75, 3.05) is 0 Å². The quantitative estimate of drug-likeness (QED) is 0.478. The van der Waals surface area contributed by atoms with Gasteiger partial charge in [0.25, 0.3) is 0 Å². The van der Waals surface area contributed by atoms with Gasteiger partial charge in [0.05, 0.1) is 0 Å². The Hall–Kier alpha value is -0.140. The summed E-state index contributed by atoms with van der Waals surface area (Å²) in [4.78, 5) is 0. The molecule has 1 atom stereocenters. The lowest BCUT2D eigenvalue weighted by Crippen LogP contribution is -2.24. The van der Waals surface area contributed by atoms with Crippen LogP contribution in [0.25, 0.3) is 0 Å². The minimum absolute atomic E-state index is 0.104. The van der Waals surface area contributed by atoms with Crippen LogP contribution in [0.2, 0.25) is 0 Å². The largest absolute Gasteiger partial charge is 0.248 e. The van der Waals surface area contributed by atoms with Crippen LogP contribution in [-0.2, 0) is 0 Å². The summed E-state index contributed by atoms with van der Waals surface area (Å²) in [5, 5.41) is 0. The lowest BCUT2D eigenvalue weighted by molar-refractivity contribution is -0.0494. The summed E-state index contributed by atoms with van der Waals surface area (Å²) in [5.41, 5.74) is 0. The third kappa shape index (κ3) is 1.92. The zero-order valence-corrected chi connectivity index (χ0v) is 5.66. The van der Waals surface area contributed by atoms with Gasteiger partial charge in [0.1, 0.15) is 0 Å². The third-order valence-electron chi connectivity index (χ3n) is 1.89. The minimum Gasteiger partial charge on any atom is -0.207 e. The Labute approximate surface area is 54.3 Å². The van der Waals surface area contributed by atoms with Crippen LogP contribution >= 0.6 is 0 Å². The summed E-state index contributed by atoms with van der Waals surface area (Å²) >= 11 is 0. The topological polar surface area (TPSA) is 0 Å². The van der Waals surface area contributed by atoms with E-state index in [0.717, 1.165) is 6.42 Å². The molecule has 0 N–H and O–H groups in total. The molecular formula is C7H12F2. The number of rotatable bonds is 0. The molecule has 0 aromatic rings. The van der Waals surface area contributed by atoms with Gasteiger partial charge in [0, 0.05) is 12.8 Å². The van der Waals surface area contributed by atoms with Gasteiger partial charge in [-0.25, -0.2) is 8.78 Å². The van der Waals surface area contributed by atoms with E-state index < -0.39 is 5.92 Å². The zero-order valence-electron chi connectivity index (χ0n) is 5.66. The molecular weight excluding hydrogens is 122 g/mol. The predicted molar refractivity (Wildman–Crippen MR) is 32.6 cm³/mol. The van der Waals surface area contributed by atoms with E-state index in [-0.39, 0.29) is 18.8 Å². The van der Waals surface area contributed by atoms with E-state index in [9.17, 15) is 8.78 Å². The summed E-state index contributed by atoms with van der Waals surface area (Å²) in [6, 6.07) is 0. The average molecular weight is 134 g/mol. The first kappa shape index (κ1) is 6.97. The Kier molecular flexibility index (Phi) is 1.73. The van der Waals surface area contributed by atoms with Crippen LogP contribution < -0.4 is 0 Å². The van der Waals surface area contributed by atoms with Gasteiger partial charge in [-0.1, -0.05) is 13.3 Å². The molecule has 1 aliphatic carbocycles. The summed E-state index contributed by atoms with van der Waals surface area (Å²) in [7, 11) is 0. The third-order valence-corrected chi connectivity index (χ3v) is 1.89. The van der Waals surface area contributed by atoms with E-state index in [4.69, 9.17) is 0 Å². The molecule has 0 spiro atoms. The van der Waals surface area contributed by atoms with Gasteiger partial charge in [-0.05, 0) is 12.3 Å². The van der Waals surface area contributed by atoms with E-state index in [1.54, 1.807) is 0 Å². The molecule has 0 aromatic heterocycles. The van der Waals surface area contributed by atoms with Crippen LogP contribution in [0.4, 0.5) is 8.78 Å². The molecule has 0 heterocycles. The Morgan fingerprint density at radius 3 is 2.44 bits per heavy atom. The molecule has 0 radical (unpaired) electrons. The summed E-state index contributed by atoms with van der Waals surface area (Å²) in [6.07, 6.45) is 1.90. The molecule has 9 heavy (non-hydrogen) atoms. The predicted octanol–water partition coefficient (Wildman–Crippen LogP) is 2.83. The highest BCUT2D eigenvalue weighted by molar-refractivity contribution is 4.75. The number of halogens is 2. The Balaban J connectivity index is 2.41. The number of alkyl halides is 2. The minimum atomic E-state index is -2.35. The van der Waals surface area contributed by atoms with Crippen LogP contribution in [0, 0.1) is 5.92 Å². The van der Waals surface area contributed by atoms with E-state index in [2.05, 4.69) is 0 Å². The van der Waals surface area contributed by atoms with Crippen LogP contribution in [0.5, 0.6) is 0 Å². The molecule has 1 aliphatic rings. The highest BCUT2D eigenvalue weighted by Gasteiger charge is 2.33. The van der Waals surface area contributed by atoms with Gasteiger partial charge in [-0.15, -0.1) is 0 Å². The second-order valence-corrected chi connectivity index (χ2v) is 3.06. The van der Waals surface area contributed by atoms with Crippen molar-refractivity contribution in [2.24, 2.45) is 5.92 Å². The second kappa shape index (κ2) is 2.24. The average Bonchev–Trinajstić information content (AvgIpc) is 1.60. The molecule has 1 fully saturated rings. The maximum atomic E-state index is 12.5. The highest BCUT2D eigenvalue weighted by Crippen LogP contribution is 2.35. The van der Waals surface area contributed by atoms with Gasteiger partial charge in [0.2, 0.25) is 5.92 Å². The van der Waals surface area contributed by atoms with Crippen molar-refractivity contribution >= 4 is 0 Å². The first-order chi connectivity index (χ1) is 4.10. The molecule has 0 amide bonds. The Bertz CT molecular complexity index is 99.1. The molecule has 0 saturated heterocycles. The fourth-order valence-corrected chi connectivity index (χ4v) is 1.42. The maximum Gasteiger partial charge on any atom is 0.248 e. The number of hydrogen-bond acceptors (Lipinski definition) is 0. The molecule has 0 bridgehead atoms. The van der Waals surface area contributed by atoms with E-state index in [1.165, 1.54) is 0 Å². The van der Waals surface area contributed by atoms with Crippen LogP contribution in [0.1, 0.15) is 32.6 Å². The number of hydrogen-bond donors (Lipinski definition) is 0. The molecule has 0 unspecified atom stereocenters. The monoisotopic (exact) mass is 134 g/mol. The van der Waals surface area contributed by atoms with Gasteiger partial charge in [0.15, 0.2) is 0 Å². The van der Waals surface area contributed by atoms with Crippen molar-refractivity contribution in [3.8, 4) is 0 Å². The van der Waals surface area contributed by atoms with Crippen molar-refractivity contribution < 1.29 is 8.78 Å². The molecule has 1 saturated carbocycles. The summed E-state index contributed by atoms with van der Waals surface area (Å²) < 4.78 is 24.9. The standard InChI is InChI=1S/C7H12F2/c1-6-3-2-4-7(8,9)5-6/h6H,2-5H2,1H3/t6-/m1/s1. The van der Waals surface area contributed by atoms with Crippen LogP contribution in [-0.4, -0.2) is 5.92 Å². The normalized spacial score (nSPS) is 34.3. The molecule has 0 nitrogen and oxygen atoms in total. The Morgan fingerprint density at radius 1 is 1.44 bits per heavy atom. The molecule has 2 heteroatoms. The van der Waals surface area contributed by atoms with Crippen molar-refractivity contribution in [3.05, 3.63) is 0 Å². The highest BCUT2D eigenvalue weighted by atomic mass is 19.3. The first-order valence-electron chi connectivity index (χ1n) is 3.48. The SMILES string of the molecule is C[C@@H]1CCCC(F)(F)C1. The molecule has 0 aromatic carbocycles. The fourth-order valence-electron chi connectivity index (χ4n) is 1.42. The van der Waals surface area contributed by atoms with Gasteiger partial charge in [-0.2, -0.15) is 0 Å². The molecule has 1 rings (SSSR count). The summed E-state index contributed by atoms with van der Waals surface area (Å²) in [5.74, 6) is -2.12. The lowest BCUT2D eigenvalue weighted by atomic mass is 9.88. The van der Waals surface area contributed by atoms with Gasteiger partial charge < -0.3 is 0 Å². The zero-order chi connectivity index (χ0) is 6.91. The van der Waals surface area contributed by atoms with Crippen molar-refractivity contribution in [3.63, 3.8) is 0 Å². The molecule has 54 valence electrons. The maximum absolute atomic E-state index is 12.5. The second-order valence-electron chi connectivity index (χ2n) is 3.06. The molecule has 0 aliphatic heterocycles. The van der Waals surface area contributed by atoms with Crippen molar-refractivity contribution in [1.82, 2.24) is 0 Å². The van der Waals surface area contributed by atoms with Gasteiger partial charge >= 0.3 is 0 Å². The summed E-state index contributed by atoms with van der Waals surface area (Å²) in [6.45, 7) is 1.90.